The summed E-state index contributed by atoms with van der Waals surface area (Å²) in [5.74, 6) is 1.25. The number of likely N-dealkylation sites (N-methyl/N-ethyl adjacent to an activating group) is 1. The molecule has 1 aliphatic heterocycles. The van der Waals surface area contributed by atoms with Gasteiger partial charge >= 0.3 is 0 Å². The van der Waals surface area contributed by atoms with Gasteiger partial charge in [-0.05, 0) is 39.0 Å². The van der Waals surface area contributed by atoms with Crippen LogP contribution in [0.4, 0.5) is 0 Å². The Balaban J connectivity index is 1.91. The Morgan fingerprint density at radius 1 is 0.857 bits per heavy atom. The largest absolute Gasteiger partial charge is 0.345 e. The van der Waals surface area contributed by atoms with Gasteiger partial charge in [0.05, 0.1) is 13.1 Å². The molecule has 0 aromatic rings. The van der Waals surface area contributed by atoms with E-state index >= 15 is 0 Å². The van der Waals surface area contributed by atoms with Crippen molar-refractivity contribution in [1.82, 2.24) is 0 Å². The fourth-order valence-corrected chi connectivity index (χ4v) is 4.47. The Morgan fingerprint density at radius 2 is 1.39 bits per heavy atom. The molecule has 2 atom stereocenters. The van der Waals surface area contributed by atoms with Gasteiger partial charge in [0.25, 0.3) is 0 Å². The fourth-order valence-electron chi connectivity index (χ4n) is 4.47. The summed E-state index contributed by atoms with van der Waals surface area (Å²) < 4.78 is 0.716. The highest BCUT2D eigenvalue weighted by atomic mass is 16.3. The van der Waals surface area contributed by atoms with Crippen LogP contribution in [0.1, 0.15) is 117 Å². The van der Waals surface area contributed by atoms with Crippen LogP contribution in [-0.4, -0.2) is 41.3 Å². The summed E-state index contributed by atoms with van der Waals surface area (Å²) in [6.07, 6.45) is 24.4. The third kappa shape index (κ3) is 9.69. The zero-order valence-corrected chi connectivity index (χ0v) is 19.3. The summed E-state index contributed by atoms with van der Waals surface area (Å²) in [5.41, 5.74) is 0. The summed E-state index contributed by atoms with van der Waals surface area (Å²) in [5, 5.41) is 10.2. The SMILES string of the molecule is CCCCC/C=C/CCCCCCCCCCCC1=NCC[N+]1(CC)C(C)O. The lowest BCUT2D eigenvalue weighted by atomic mass is 10.0. The number of aliphatic hydroxyl groups is 1. The van der Waals surface area contributed by atoms with Crippen LogP contribution < -0.4 is 0 Å². The molecule has 0 bridgehead atoms. The number of nitrogens with zero attached hydrogens (tertiary/aromatic N) is 2. The minimum atomic E-state index is -0.317. The minimum absolute atomic E-state index is 0.317. The zero-order valence-electron chi connectivity index (χ0n) is 19.3. The number of aliphatic imine (C=N–C) groups is 1. The molecule has 164 valence electrons. The average molecular weight is 394 g/mol. The topological polar surface area (TPSA) is 32.6 Å². The highest BCUT2D eigenvalue weighted by Crippen LogP contribution is 2.23. The van der Waals surface area contributed by atoms with E-state index in [4.69, 9.17) is 4.99 Å². The normalized spacial score (nSPS) is 20.8. The van der Waals surface area contributed by atoms with E-state index in [-0.39, 0.29) is 6.23 Å². The number of allylic oxidation sites excluding steroid dienone is 2. The highest BCUT2D eigenvalue weighted by Gasteiger charge is 2.40. The molecule has 1 aliphatic rings. The summed E-state index contributed by atoms with van der Waals surface area (Å²) in [6.45, 7) is 9.21. The number of amidine groups is 1. The van der Waals surface area contributed by atoms with Crippen LogP contribution in [0.15, 0.2) is 17.1 Å². The first-order chi connectivity index (χ1) is 13.7. The van der Waals surface area contributed by atoms with Crippen molar-refractivity contribution < 1.29 is 9.59 Å². The maximum atomic E-state index is 10.2. The molecular weight excluding hydrogens is 344 g/mol. The standard InChI is InChI=1S/C25H49N2O/c1-4-6-7-8-9-10-11-12-13-14-15-16-17-18-19-20-21-25-26-22-23-27(25,5-2)24(3)28/h9-10,24,28H,4-8,11-23H2,1-3H3/q+1/b10-9+. The maximum Gasteiger partial charge on any atom is 0.200 e. The first-order valence-corrected chi connectivity index (χ1v) is 12.4. The molecule has 1 rings (SSSR count). The van der Waals surface area contributed by atoms with Crippen molar-refractivity contribution in [1.29, 1.82) is 0 Å². The van der Waals surface area contributed by atoms with E-state index in [0.717, 1.165) is 26.1 Å². The molecule has 3 nitrogen and oxygen atoms in total. The predicted molar refractivity (Wildman–Crippen MR) is 124 cm³/mol. The van der Waals surface area contributed by atoms with Crippen molar-refractivity contribution in [2.45, 2.75) is 123 Å². The number of aliphatic hydroxyl groups excluding tert-OH is 1. The van der Waals surface area contributed by atoms with E-state index in [0.29, 0.717) is 4.48 Å². The molecule has 28 heavy (non-hydrogen) atoms. The smallest absolute Gasteiger partial charge is 0.200 e. The van der Waals surface area contributed by atoms with Crippen molar-refractivity contribution in [2.75, 3.05) is 19.6 Å². The van der Waals surface area contributed by atoms with Gasteiger partial charge in [-0.15, -0.1) is 0 Å². The van der Waals surface area contributed by atoms with Crippen LogP contribution >= 0.6 is 0 Å². The monoisotopic (exact) mass is 393 g/mol. The number of rotatable bonds is 18. The molecule has 0 aromatic carbocycles. The van der Waals surface area contributed by atoms with E-state index < -0.39 is 0 Å². The second-order valence-electron chi connectivity index (χ2n) is 8.69. The third-order valence-electron chi connectivity index (χ3n) is 6.50. The predicted octanol–water partition coefficient (Wildman–Crippen LogP) is 7.00. The summed E-state index contributed by atoms with van der Waals surface area (Å²) in [4.78, 5) is 4.71. The Bertz CT molecular complexity index is 430. The summed E-state index contributed by atoms with van der Waals surface area (Å²) >= 11 is 0. The molecule has 0 aliphatic carbocycles. The van der Waals surface area contributed by atoms with Crippen LogP contribution in [0.3, 0.4) is 0 Å². The molecule has 0 fully saturated rings. The average Bonchev–Trinajstić information content (AvgIpc) is 3.12. The maximum absolute atomic E-state index is 10.2. The van der Waals surface area contributed by atoms with Gasteiger partial charge in [-0.2, -0.15) is 0 Å². The molecule has 0 saturated heterocycles. The quantitative estimate of drug-likeness (QED) is 0.152. The second-order valence-corrected chi connectivity index (χ2v) is 8.69. The van der Waals surface area contributed by atoms with E-state index in [1.807, 2.05) is 6.92 Å². The second kappa shape index (κ2) is 16.2. The molecule has 0 saturated carbocycles. The molecule has 1 heterocycles. The van der Waals surface area contributed by atoms with Gasteiger partial charge in [-0.1, -0.05) is 76.9 Å². The molecular formula is C25H49N2O+. The van der Waals surface area contributed by atoms with Crippen LogP contribution in [0, 0.1) is 0 Å². The van der Waals surface area contributed by atoms with E-state index in [2.05, 4.69) is 26.0 Å². The number of hydrogen-bond acceptors (Lipinski definition) is 2. The van der Waals surface area contributed by atoms with E-state index in [9.17, 15) is 5.11 Å². The summed E-state index contributed by atoms with van der Waals surface area (Å²) in [7, 11) is 0. The Kier molecular flexibility index (Phi) is 14.6. The van der Waals surface area contributed by atoms with Crippen LogP contribution in [0.2, 0.25) is 0 Å². The van der Waals surface area contributed by atoms with Crippen molar-refractivity contribution in [2.24, 2.45) is 4.99 Å². The lowest BCUT2D eigenvalue weighted by molar-refractivity contribution is -0.882. The molecule has 1 N–H and O–H groups in total. The van der Waals surface area contributed by atoms with Crippen molar-refractivity contribution >= 4 is 5.84 Å². The van der Waals surface area contributed by atoms with Gasteiger partial charge < -0.3 is 5.11 Å². The Morgan fingerprint density at radius 3 is 1.93 bits per heavy atom. The summed E-state index contributed by atoms with van der Waals surface area (Å²) in [6, 6.07) is 0. The van der Waals surface area contributed by atoms with Crippen molar-refractivity contribution in [3.8, 4) is 0 Å². The molecule has 0 spiro atoms. The first kappa shape index (κ1) is 25.4. The zero-order chi connectivity index (χ0) is 20.5. The van der Waals surface area contributed by atoms with Crippen LogP contribution in [0.25, 0.3) is 0 Å². The van der Waals surface area contributed by atoms with Gasteiger partial charge in [0, 0.05) is 13.3 Å². The van der Waals surface area contributed by atoms with Crippen LogP contribution in [-0.2, 0) is 0 Å². The lowest BCUT2D eigenvalue weighted by Gasteiger charge is -2.36. The number of hydrogen-bond donors (Lipinski definition) is 1. The number of quaternary nitrogens is 1. The van der Waals surface area contributed by atoms with E-state index in [1.54, 1.807) is 0 Å². The molecule has 0 radical (unpaired) electrons. The lowest BCUT2D eigenvalue weighted by Crippen LogP contribution is -2.56. The van der Waals surface area contributed by atoms with Crippen LogP contribution in [0.5, 0.6) is 0 Å². The first-order valence-electron chi connectivity index (χ1n) is 12.4. The van der Waals surface area contributed by atoms with Gasteiger partial charge in [0.15, 0.2) is 6.23 Å². The third-order valence-corrected chi connectivity index (χ3v) is 6.50. The van der Waals surface area contributed by atoms with Gasteiger partial charge in [0.1, 0.15) is 6.54 Å². The Labute approximate surface area is 175 Å². The van der Waals surface area contributed by atoms with Gasteiger partial charge in [-0.25, -0.2) is 4.99 Å². The molecule has 2 unspecified atom stereocenters. The fraction of sp³-hybridized carbons (Fsp3) is 0.880. The highest BCUT2D eigenvalue weighted by molar-refractivity contribution is 5.76. The van der Waals surface area contributed by atoms with Gasteiger partial charge in [-0.3, -0.25) is 4.48 Å². The molecule has 0 amide bonds. The van der Waals surface area contributed by atoms with Crippen molar-refractivity contribution in [3.05, 3.63) is 12.2 Å². The minimum Gasteiger partial charge on any atom is -0.345 e. The Hall–Kier alpha value is -0.670. The molecule has 3 heteroatoms. The van der Waals surface area contributed by atoms with E-state index in [1.165, 1.54) is 95.7 Å². The number of unbranched alkanes of at least 4 members (excludes halogenated alkanes) is 12. The van der Waals surface area contributed by atoms with Crippen molar-refractivity contribution in [3.63, 3.8) is 0 Å². The molecule has 0 aromatic heterocycles. The van der Waals surface area contributed by atoms with Gasteiger partial charge in [0.2, 0.25) is 5.84 Å².